The minimum Gasteiger partial charge on any atom is -0.497 e. The first kappa shape index (κ1) is 22.5. The van der Waals surface area contributed by atoms with Gasteiger partial charge in [-0.25, -0.2) is 8.42 Å². The Hall–Kier alpha value is -2.74. The minimum absolute atomic E-state index is 0.0833. The molecule has 1 unspecified atom stereocenters. The van der Waals surface area contributed by atoms with E-state index in [0.717, 1.165) is 21.9 Å². The van der Waals surface area contributed by atoms with Crippen molar-refractivity contribution in [1.82, 2.24) is 5.32 Å². The topological polar surface area (TPSA) is 84.9 Å². The van der Waals surface area contributed by atoms with Gasteiger partial charge in [0.2, 0.25) is 15.9 Å². The van der Waals surface area contributed by atoms with Crippen molar-refractivity contribution in [3.63, 3.8) is 0 Å². The molecule has 0 aliphatic rings. The van der Waals surface area contributed by atoms with Gasteiger partial charge < -0.3 is 14.8 Å². The number of carbonyl (C=O) groups is 1. The van der Waals surface area contributed by atoms with Gasteiger partial charge >= 0.3 is 0 Å². The number of methoxy groups -OCH3 is 1. The first-order chi connectivity index (χ1) is 13.6. The lowest BCUT2D eigenvalue weighted by Gasteiger charge is -2.28. The smallest absolute Gasteiger partial charge is 0.243 e. The predicted octanol–water partition coefficient (Wildman–Crippen LogP) is 2.95. The normalized spacial score (nSPS) is 12.3. The Morgan fingerprint density at radius 2 is 1.72 bits per heavy atom. The highest BCUT2D eigenvalue weighted by atomic mass is 32.2. The number of nitrogens with one attached hydrogen (secondary N) is 1. The van der Waals surface area contributed by atoms with Crippen LogP contribution in [-0.4, -0.2) is 39.8 Å². The molecule has 0 saturated carbocycles. The maximum Gasteiger partial charge on any atom is 0.243 e. The first-order valence-electron chi connectivity index (χ1n) is 9.28. The van der Waals surface area contributed by atoms with Crippen molar-refractivity contribution < 1.29 is 22.7 Å². The number of ether oxygens (including phenoxy) is 2. The van der Waals surface area contributed by atoms with Crippen LogP contribution in [-0.2, 0) is 21.4 Å². The lowest BCUT2D eigenvalue weighted by Crippen LogP contribution is -2.47. The van der Waals surface area contributed by atoms with Gasteiger partial charge in [0.05, 0.1) is 25.2 Å². The van der Waals surface area contributed by atoms with E-state index in [4.69, 9.17) is 9.47 Å². The first-order valence-corrected chi connectivity index (χ1v) is 11.1. The summed E-state index contributed by atoms with van der Waals surface area (Å²) in [5.41, 5.74) is 1.25. The SMILES string of the molecule is COc1cccc(N(C(C)C(=O)NCc2ccc(OC(C)C)cc2)S(C)(=O)=O)c1. The summed E-state index contributed by atoms with van der Waals surface area (Å²) >= 11 is 0. The second kappa shape index (κ2) is 9.65. The number of amides is 1. The molecule has 7 nitrogen and oxygen atoms in total. The van der Waals surface area contributed by atoms with Crippen molar-refractivity contribution in [3.05, 3.63) is 54.1 Å². The van der Waals surface area contributed by atoms with E-state index in [9.17, 15) is 13.2 Å². The maximum absolute atomic E-state index is 12.7. The number of rotatable bonds is 9. The lowest BCUT2D eigenvalue weighted by molar-refractivity contribution is -0.122. The molecule has 0 fully saturated rings. The minimum atomic E-state index is -3.69. The molecule has 1 N–H and O–H groups in total. The monoisotopic (exact) mass is 420 g/mol. The Balaban J connectivity index is 2.11. The largest absolute Gasteiger partial charge is 0.497 e. The zero-order valence-corrected chi connectivity index (χ0v) is 18.2. The highest BCUT2D eigenvalue weighted by Gasteiger charge is 2.29. The average molecular weight is 421 g/mol. The summed E-state index contributed by atoms with van der Waals surface area (Å²) < 4.78 is 36.6. The zero-order valence-electron chi connectivity index (χ0n) is 17.4. The van der Waals surface area contributed by atoms with Crippen LogP contribution < -0.4 is 19.1 Å². The van der Waals surface area contributed by atoms with Gasteiger partial charge in [0.1, 0.15) is 17.5 Å². The maximum atomic E-state index is 12.7. The summed E-state index contributed by atoms with van der Waals surface area (Å²) in [5, 5.41) is 2.79. The number of hydrogen-bond donors (Lipinski definition) is 1. The van der Waals surface area contributed by atoms with E-state index in [-0.39, 0.29) is 12.6 Å². The van der Waals surface area contributed by atoms with Crippen LogP contribution in [0.15, 0.2) is 48.5 Å². The van der Waals surface area contributed by atoms with E-state index in [1.54, 1.807) is 31.2 Å². The Morgan fingerprint density at radius 1 is 1.07 bits per heavy atom. The van der Waals surface area contributed by atoms with Crippen LogP contribution in [0.5, 0.6) is 11.5 Å². The van der Waals surface area contributed by atoms with E-state index in [1.165, 1.54) is 7.11 Å². The summed E-state index contributed by atoms with van der Waals surface area (Å²) in [4.78, 5) is 12.7. The third-order valence-electron chi connectivity index (χ3n) is 4.16. The summed E-state index contributed by atoms with van der Waals surface area (Å²) in [6.07, 6.45) is 1.16. The van der Waals surface area contributed by atoms with Crippen LogP contribution >= 0.6 is 0 Å². The van der Waals surface area contributed by atoms with E-state index >= 15 is 0 Å². The number of anilines is 1. The van der Waals surface area contributed by atoms with Gasteiger partial charge in [-0.05, 0) is 50.6 Å². The van der Waals surface area contributed by atoms with Crippen LogP contribution in [0.2, 0.25) is 0 Å². The summed E-state index contributed by atoms with van der Waals surface area (Å²) in [5.74, 6) is 0.859. The predicted molar refractivity (Wildman–Crippen MR) is 114 cm³/mol. The second-order valence-electron chi connectivity index (χ2n) is 6.96. The number of nitrogens with zero attached hydrogens (tertiary/aromatic N) is 1. The fourth-order valence-electron chi connectivity index (χ4n) is 2.85. The third kappa shape index (κ3) is 6.39. The van der Waals surface area contributed by atoms with Crippen molar-refractivity contribution in [3.8, 4) is 11.5 Å². The van der Waals surface area contributed by atoms with Gasteiger partial charge in [-0.1, -0.05) is 18.2 Å². The third-order valence-corrected chi connectivity index (χ3v) is 5.40. The van der Waals surface area contributed by atoms with Crippen molar-refractivity contribution in [1.29, 1.82) is 0 Å². The molecule has 0 heterocycles. The highest BCUT2D eigenvalue weighted by molar-refractivity contribution is 7.92. The van der Waals surface area contributed by atoms with Gasteiger partial charge in [-0.3, -0.25) is 9.10 Å². The van der Waals surface area contributed by atoms with Gasteiger partial charge in [0.15, 0.2) is 0 Å². The molecule has 0 aliphatic heterocycles. The van der Waals surface area contributed by atoms with Crippen molar-refractivity contribution in [2.75, 3.05) is 17.7 Å². The molecule has 2 aromatic carbocycles. The van der Waals surface area contributed by atoms with Crippen molar-refractivity contribution >= 4 is 21.6 Å². The van der Waals surface area contributed by atoms with Gasteiger partial charge in [0, 0.05) is 12.6 Å². The average Bonchev–Trinajstić information content (AvgIpc) is 2.66. The second-order valence-corrected chi connectivity index (χ2v) is 8.82. The number of benzene rings is 2. The summed E-state index contributed by atoms with van der Waals surface area (Å²) in [6.45, 7) is 5.73. The fraction of sp³-hybridized carbons (Fsp3) is 0.381. The molecule has 0 bridgehead atoms. The molecular formula is C21H28N2O5S. The van der Waals surface area contributed by atoms with E-state index in [2.05, 4.69) is 5.32 Å². The molecule has 0 saturated heterocycles. The molecule has 29 heavy (non-hydrogen) atoms. The number of sulfonamides is 1. The Bertz CT molecular complexity index is 926. The fourth-order valence-corrected chi connectivity index (χ4v) is 4.02. The molecule has 0 aromatic heterocycles. The standard InChI is InChI=1S/C21H28N2O5S/c1-15(2)28-19-11-9-17(10-12-19)14-22-21(24)16(3)23(29(5,25)26)18-7-6-8-20(13-18)27-4/h6-13,15-16H,14H2,1-5H3,(H,22,24). The summed E-state index contributed by atoms with van der Waals surface area (Å²) in [7, 11) is -2.19. The number of carbonyl (C=O) groups excluding carboxylic acids is 1. The molecule has 158 valence electrons. The van der Waals surface area contributed by atoms with Crippen LogP contribution in [0, 0.1) is 0 Å². The highest BCUT2D eigenvalue weighted by Crippen LogP contribution is 2.25. The molecule has 1 amide bonds. The Kier molecular flexibility index (Phi) is 7.50. The molecule has 8 heteroatoms. The zero-order chi connectivity index (χ0) is 21.6. The molecule has 2 rings (SSSR count). The number of hydrogen-bond acceptors (Lipinski definition) is 5. The van der Waals surface area contributed by atoms with E-state index < -0.39 is 22.0 Å². The van der Waals surface area contributed by atoms with Crippen LogP contribution in [0.3, 0.4) is 0 Å². The van der Waals surface area contributed by atoms with Crippen LogP contribution in [0.4, 0.5) is 5.69 Å². The Morgan fingerprint density at radius 3 is 2.28 bits per heavy atom. The van der Waals surface area contributed by atoms with Gasteiger partial charge in [-0.15, -0.1) is 0 Å². The Labute approximate surface area is 172 Å². The lowest BCUT2D eigenvalue weighted by atomic mass is 10.2. The molecule has 1 atom stereocenters. The van der Waals surface area contributed by atoms with Crippen molar-refractivity contribution in [2.45, 2.75) is 39.5 Å². The summed E-state index contributed by atoms with van der Waals surface area (Å²) in [6, 6.07) is 13.1. The van der Waals surface area contributed by atoms with Gasteiger partial charge in [-0.2, -0.15) is 0 Å². The molecule has 0 radical (unpaired) electrons. The molecular weight excluding hydrogens is 392 g/mol. The quantitative estimate of drug-likeness (QED) is 0.674. The molecule has 2 aromatic rings. The molecule has 0 aliphatic carbocycles. The van der Waals surface area contributed by atoms with Crippen LogP contribution in [0.25, 0.3) is 0 Å². The van der Waals surface area contributed by atoms with E-state index in [0.29, 0.717) is 11.4 Å². The van der Waals surface area contributed by atoms with Gasteiger partial charge in [0.25, 0.3) is 0 Å². The van der Waals surface area contributed by atoms with E-state index in [1.807, 2.05) is 38.1 Å². The van der Waals surface area contributed by atoms with Crippen molar-refractivity contribution in [2.24, 2.45) is 0 Å². The van der Waals surface area contributed by atoms with Crippen LogP contribution in [0.1, 0.15) is 26.3 Å². The molecule has 0 spiro atoms.